The second kappa shape index (κ2) is 5.86. The van der Waals surface area contributed by atoms with E-state index in [2.05, 4.69) is 22.8 Å². The first-order chi connectivity index (χ1) is 11.2. The van der Waals surface area contributed by atoms with E-state index in [0.717, 1.165) is 22.8 Å². The van der Waals surface area contributed by atoms with Gasteiger partial charge in [-0.05, 0) is 30.5 Å². The monoisotopic (exact) mass is 341 g/mol. The fourth-order valence-electron chi connectivity index (χ4n) is 2.80. The van der Waals surface area contributed by atoms with Gasteiger partial charge < -0.3 is 5.32 Å². The summed E-state index contributed by atoms with van der Waals surface area (Å²) in [6, 6.07) is 14.1. The second-order valence-electron chi connectivity index (χ2n) is 5.35. The van der Waals surface area contributed by atoms with Crippen LogP contribution in [-0.2, 0) is 4.79 Å². The Labute approximate surface area is 142 Å². The Kier molecular flexibility index (Phi) is 3.71. The van der Waals surface area contributed by atoms with Crippen molar-refractivity contribution in [3.05, 3.63) is 64.0 Å². The molecule has 1 aliphatic rings. The number of anilines is 1. The van der Waals surface area contributed by atoms with Crippen LogP contribution in [0.25, 0.3) is 5.69 Å². The van der Waals surface area contributed by atoms with Crippen molar-refractivity contribution in [1.29, 1.82) is 0 Å². The number of para-hydroxylation sites is 1. The second-order valence-corrected chi connectivity index (χ2v) is 7.42. The third-order valence-electron chi connectivity index (χ3n) is 3.81. The van der Waals surface area contributed by atoms with Crippen molar-refractivity contribution in [2.45, 2.75) is 12.2 Å². The van der Waals surface area contributed by atoms with E-state index in [1.807, 2.05) is 41.9 Å². The molecule has 1 atom stereocenters. The Morgan fingerprint density at radius 3 is 2.78 bits per heavy atom. The van der Waals surface area contributed by atoms with Crippen LogP contribution in [0.5, 0.6) is 0 Å². The number of hydrogen-bond donors (Lipinski definition) is 1. The summed E-state index contributed by atoms with van der Waals surface area (Å²) in [5.74, 6) is 1.26. The maximum Gasteiger partial charge on any atom is 0.235 e. The van der Waals surface area contributed by atoms with Crippen LogP contribution in [0, 0.1) is 6.92 Å². The van der Waals surface area contributed by atoms with Crippen molar-refractivity contribution >= 4 is 34.8 Å². The predicted molar refractivity (Wildman–Crippen MR) is 95.6 cm³/mol. The van der Waals surface area contributed by atoms with Gasteiger partial charge in [0.15, 0.2) is 0 Å². The van der Waals surface area contributed by atoms with E-state index in [9.17, 15) is 4.79 Å². The van der Waals surface area contributed by atoms with Gasteiger partial charge in [-0.15, -0.1) is 23.1 Å². The Bertz CT molecular complexity index is 840. The first-order valence-electron chi connectivity index (χ1n) is 7.34. The Morgan fingerprint density at radius 1 is 1.22 bits per heavy atom. The van der Waals surface area contributed by atoms with Crippen molar-refractivity contribution in [3.8, 4) is 5.69 Å². The molecule has 3 aromatic rings. The first-order valence-corrected chi connectivity index (χ1v) is 9.26. The lowest BCUT2D eigenvalue weighted by Crippen LogP contribution is -2.15. The average molecular weight is 341 g/mol. The zero-order valence-electron chi connectivity index (χ0n) is 12.5. The van der Waals surface area contributed by atoms with Crippen molar-refractivity contribution in [2.24, 2.45) is 0 Å². The largest absolute Gasteiger partial charge is 0.310 e. The molecule has 0 saturated carbocycles. The van der Waals surface area contributed by atoms with E-state index in [-0.39, 0.29) is 11.2 Å². The summed E-state index contributed by atoms with van der Waals surface area (Å²) in [6.45, 7) is 2.01. The molecule has 1 aliphatic heterocycles. The van der Waals surface area contributed by atoms with Gasteiger partial charge in [0.05, 0.1) is 22.4 Å². The molecular weight excluding hydrogens is 326 g/mol. The molecule has 1 amide bonds. The van der Waals surface area contributed by atoms with Crippen molar-refractivity contribution in [1.82, 2.24) is 9.78 Å². The van der Waals surface area contributed by atoms with Crippen LogP contribution in [0.15, 0.2) is 47.8 Å². The van der Waals surface area contributed by atoms with Gasteiger partial charge in [0.25, 0.3) is 0 Å². The molecule has 3 heterocycles. The van der Waals surface area contributed by atoms with Gasteiger partial charge in [0.1, 0.15) is 5.82 Å². The van der Waals surface area contributed by atoms with Gasteiger partial charge in [-0.3, -0.25) is 4.79 Å². The van der Waals surface area contributed by atoms with Crippen LogP contribution in [0.2, 0.25) is 0 Å². The molecule has 1 unspecified atom stereocenters. The van der Waals surface area contributed by atoms with E-state index in [1.165, 1.54) is 4.88 Å². The summed E-state index contributed by atoms with van der Waals surface area (Å²) >= 11 is 3.38. The predicted octanol–water partition coefficient (Wildman–Crippen LogP) is 4.02. The maximum atomic E-state index is 12.2. The number of nitrogens with one attached hydrogen (secondary N) is 1. The number of fused-ring (bicyclic) bond motifs is 1. The Morgan fingerprint density at radius 2 is 2.04 bits per heavy atom. The molecule has 116 valence electrons. The fourth-order valence-corrected chi connectivity index (χ4v) is 4.97. The zero-order chi connectivity index (χ0) is 15.8. The van der Waals surface area contributed by atoms with Gasteiger partial charge in [-0.2, -0.15) is 5.10 Å². The molecule has 0 radical (unpaired) electrons. The highest BCUT2D eigenvalue weighted by molar-refractivity contribution is 8.00. The fraction of sp³-hybridized carbons (Fsp3) is 0.176. The van der Waals surface area contributed by atoms with E-state index >= 15 is 0 Å². The molecule has 0 aliphatic carbocycles. The number of rotatable bonds is 2. The Balaban J connectivity index is 1.91. The molecule has 23 heavy (non-hydrogen) atoms. The van der Waals surface area contributed by atoms with Crippen molar-refractivity contribution < 1.29 is 4.79 Å². The minimum atomic E-state index is 0.0207. The molecule has 6 heteroatoms. The van der Waals surface area contributed by atoms with Crippen molar-refractivity contribution in [3.63, 3.8) is 0 Å². The van der Waals surface area contributed by atoms with E-state index in [1.54, 1.807) is 23.1 Å². The molecular formula is C17H15N3OS2. The molecule has 4 nitrogen and oxygen atoms in total. The number of nitrogens with zero attached hydrogens (tertiary/aromatic N) is 2. The smallest absolute Gasteiger partial charge is 0.235 e. The number of benzene rings is 1. The van der Waals surface area contributed by atoms with Gasteiger partial charge >= 0.3 is 0 Å². The molecule has 0 fully saturated rings. The SMILES string of the molecule is Cc1nn(-c2ccccc2)c2c1C(c1cccs1)SCC(=O)N2. The standard InChI is InChI=1S/C17H15N3OS2/c1-11-15-16(13-8-5-9-22-13)23-10-14(21)18-17(15)20(19-11)12-6-3-2-4-7-12/h2-9,16H,10H2,1H3,(H,18,21). The average Bonchev–Trinajstić information content (AvgIpc) is 3.15. The van der Waals surface area contributed by atoms with E-state index < -0.39 is 0 Å². The van der Waals surface area contributed by atoms with E-state index in [0.29, 0.717) is 5.75 Å². The number of carbonyl (C=O) groups excluding carboxylic acids is 1. The highest BCUT2D eigenvalue weighted by Gasteiger charge is 2.30. The normalized spacial score (nSPS) is 17.4. The van der Waals surface area contributed by atoms with Gasteiger partial charge in [-0.25, -0.2) is 4.68 Å². The summed E-state index contributed by atoms with van der Waals surface area (Å²) < 4.78 is 1.84. The third-order valence-corrected chi connectivity index (χ3v) is 6.15. The van der Waals surface area contributed by atoms with Gasteiger partial charge in [-0.1, -0.05) is 24.3 Å². The van der Waals surface area contributed by atoms with Crippen LogP contribution < -0.4 is 5.32 Å². The van der Waals surface area contributed by atoms with Crippen molar-refractivity contribution in [2.75, 3.05) is 11.1 Å². The lowest BCUT2D eigenvalue weighted by molar-refractivity contribution is -0.113. The minimum absolute atomic E-state index is 0.0207. The number of thioether (sulfide) groups is 1. The van der Waals surface area contributed by atoms with Gasteiger partial charge in [0.2, 0.25) is 5.91 Å². The highest BCUT2D eigenvalue weighted by Crippen LogP contribution is 2.45. The summed E-state index contributed by atoms with van der Waals surface area (Å²) in [7, 11) is 0. The molecule has 0 bridgehead atoms. The Hall–Kier alpha value is -2.05. The molecule has 1 aromatic carbocycles. The lowest BCUT2D eigenvalue weighted by atomic mass is 10.1. The zero-order valence-corrected chi connectivity index (χ0v) is 14.2. The molecule has 2 aromatic heterocycles. The highest BCUT2D eigenvalue weighted by atomic mass is 32.2. The number of hydrogen-bond acceptors (Lipinski definition) is 4. The number of carbonyl (C=O) groups is 1. The molecule has 4 rings (SSSR count). The summed E-state index contributed by atoms with van der Waals surface area (Å²) in [5, 5.41) is 9.96. The third kappa shape index (κ3) is 2.58. The summed E-state index contributed by atoms with van der Waals surface area (Å²) in [5.41, 5.74) is 3.01. The summed E-state index contributed by atoms with van der Waals surface area (Å²) in [4.78, 5) is 13.4. The number of aromatic nitrogens is 2. The summed E-state index contributed by atoms with van der Waals surface area (Å²) in [6.07, 6.45) is 0. The molecule has 1 N–H and O–H groups in total. The lowest BCUT2D eigenvalue weighted by Gasteiger charge is -2.13. The quantitative estimate of drug-likeness (QED) is 0.766. The number of thiophene rings is 1. The van der Waals surface area contributed by atoms with Crippen LogP contribution in [0.3, 0.4) is 0 Å². The first kappa shape index (κ1) is 14.5. The molecule has 0 saturated heterocycles. The minimum Gasteiger partial charge on any atom is -0.310 e. The molecule has 0 spiro atoms. The van der Waals surface area contributed by atoms with Gasteiger partial charge in [0, 0.05) is 10.4 Å². The van der Waals surface area contributed by atoms with Crippen LogP contribution in [-0.4, -0.2) is 21.4 Å². The number of aryl methyl sites for hydroxylation is 1. The van der Waals surface area contributed by atoms with E-state index in [4.69, 9.17) is 5.10 Å². The van der Waals surface area contributed by atoms with Crippen LogP contribution in [0.1, 0.15) is 21.4 Å². The topological polar surface area (TPSA) is 46.9 Å². The van der Waals surface area contributed by atoms with Crippen LogP contribution in [0.4, 0.5) is 5.82 Å². The van der Waals surface area contributed by atoms with Crippen LogP contribution >= 0.6 is 23.1 Å². The number of amides is 1. The maximum absolute atomic E-state index is 12.2.